The van der Waals surface area contributed by atoms with Crippen molar-refractivity contribution in [2.24, 2.45) is 15.9 Å². The number of anilines is 1. The van der Waals surface area contributed by atoms with Crippen LogP contribution in [0.2, 0.25) is 0 Å². The molecule has 0 aliphatic carbocycles. The van der Waals surface area contributed by atoms with E-state index in [1.54, 1.807) is 0 Å². The Morgan fingerprint density at radius 3 is 2.40 bits per heavy atom. The lowest BCUT2D eigenvalue weighted by Crippen LogP contribution is -2.36. The number of hydrogen-bond acceptors (Lipinski definition) is 7. The van der Waals surface area contributed by atoms with Gasteiger partial charge in [0.25, 0.3) is 5.69 Å². The molecule has 1 amide bonds. The number of amides is 1. The normalized spacial score (nSPS) is 15.3. The van der Waals surface area contributed by atoms with Gasteiger partial charge >= 0.3 is 12.1 Å². The summed E-state index contributed by atoms with van der Waals surface area (Å²) in [4.78, 5) is 22.8. The number of hydrazone groups is 2. The number of thiocarbonyl (C=S) groups is 1. The SMILES string of the molecule is NC(=S)N1N=C(c2ccc([N+](=O)[O-])cc2)/C(=N\Nc2ccccc2C(F)(F)F)C1=O. The summed E-state index contributed by atoms with van der Waals surface area (Å²) in [5.41, 5.74) is 5.92. The fraction of sp³-hybridized carbons (Fsp3) is 0.0588. The van der Waals surface area contributed by atoms with Crippen LogP contribution in [0, 0.1) is 10.1 Å². The van der Waals surface area contributed by atoms with E-state index in [-0.39, 0.29) is 28.4 Å². The van der Waals surface area contributed by atoms with E-state index in [1.807, 2.05) is 0 Å². The molecular formula is C17H11F3N6O3S. The summed E-state index contributed by atoms with van der Waals surface area (Å²) in [7, 11) is 0. The number of rotatable bonds is 4. The summed E-state index contributed by atoms with van der Waals surface area (Å²) in [6.45, 7) is 0. The minimum Gasteiger partial charge on any atom is -0.374 e. The van der Waals surface area contributed by atoms with Crippen LogP contribution in [0.4, 0.5) is 24.5 Å². The molecule has 0 fully saturated rings. The van der Waals surface area contributed by atoms with Gasteiger partial charge in [-0.25, -0.2) is 0 Å². The summed E-state index contributed by atoms with van der Waals surface area (Å²) in [6, 6.07) is 9.54. The fourth-order valence-electron chi connectivity index (χ4n) is 2.52. The highest BCUT2D eigenvalue weighted by molar-refractivity contribution is 7.80. The maximum atomic E-state index is 13.2. The average Bonchev–Trinajstić information content (AvgIpc) is 3.02. The summed E-state index contributed by atoms with van der Waals surface area (Å²) >= 11 is 4.75. The number of nitro groups is 1. The Kier molecular flexibility index (Phi) is 5.47. The predicted molar refractivity (Wildman–Crippen MR) is 106 cm³/mol. The maximum Gasteiger partial charge on any atom is 0.418 e. The molecule has 0 saturated heterocycles. The van der Waals surface area contributed by atoms with Crippen molar-refractivity contribution in [1.82, 2.24) is 5.01 Å². The van der Waals surface area contributed by atoms with Crippen LogP contribution in [0.25, 0.3) is 0 Å². The zero-order valence-corrected chi connectivity index (χ0v) is 15.6. The minimum atomic E-state index is -4.65. The van der Waals surface area contributed by atoms with E-state index in [2.05, 4.69) is 15.6 Å². The highest BCUT2D eigenvalue weighted by atomic mass is 32.1. The van der Waals surface area contributed by atoms with Gasteiger partial charge in [0, 0.05) is 17.7 Å². The number of alkyl halides is 3. The molecule has 0 saturated carbocycles. The zero-order chi connectivity index (χ0) is 22.1. The second kappa shape index (κ2) is 7.87. The van der Waals surface area contributed by atoms with Crippen molar-refractivity contribution in [2.75, 3.05) is 5.43 Å². The number of carbonyl (C=O) groups is 1. The van der Waals surface area contributed by atoms with E-state index in [4.69, 9.17) is 18.0 Å². The number of nitrogens with one attached hydrogen (secondary N) is 1. The molecule has 3 rings (SSSR count). The Bertz CT molecular complexity index is 1100. The van der Waals surface area contributed by atoms with Crippen molar-refractivity contribution in [1.29, 1.82) is 0 Å². The van der Waals surface area contributed by atoms with Gasteiger partial charge in [-0.1, -0.05) is 12.1 Å². The van der Waals surface area contributed by atoms with E-state index in [1.165, 1.54) is 36.4 Å². The van der Waals surface area contributed by atoms with Gasteiger partial charge in [0.05, 0.1) is 16.2 Å². The first-order valence-electron chi connectivity index (χ1n) is 8.07. The number of non-ortho nitro benzene ring substituents is 1. The van der Waals surface area contributed by atoms with E-state index < -0.39 is 27.7 Å². The Morgan fingerprint density at radius 2 is 1.83 bits per heavy atom. The van der Waals surface area contributed by atoms with Crippen LogP contribution in [0.15, 0.2) is 58.7 Å². The summed E-state index contributed by atoms with van der Waals surface area (Å²) < 4.78 is 39.5. The summed E-state index contributed by atoms with van der Waals surface area (Å²) in [5.74, 6) is -0.868. The minimum absolute atomic E-state index is 0.0697. The van der Waals surface area contributed by atoms with Gasteiger partial charge < -0.3 is 5.73 Å². The highest BCUT2D eigenvalue weighted by Gasteiger charge is 2.36. The molecule has 30 heavy (non-hydrogen) atoms. The van der Waals surface area contributed by atoms with Gasteiger partial charge in [-0.3, -0.25) is 20.3 Å². The molecule has 0 radical (unpaired) electrons. The first-order chi connectivity index (χ1) is 14.1. The molecular weight excluding hydrogens is 425 g/mol. The molecule has 0 unspecified atom stereocenters. The van der Waals surface area contributed by atoms with Crippen molar-refractivity contribution >= 4 is 46.0 Å². The lowest BCUT2D eigenvalue weighted by molar-refractivity contribution is -0.384. The highest BCUT2D eigenvalue weighted by Crippen LogP contribution is 2.34. The lowest BCUT2D eigenvalue weighted by atomic mass is 10.1. The van der Waals surface area contributed by atoms with Crippen molar-refractivity contribution in [2.45, 2.75) is 6.18 Å². The quantitative estimate of drug-likeness (QED) is 0.431. The molecule has 1 aliphatic rings. The maximum absolute atomic E-state index is 13.2. The van der Waals surface area contributed by atoms with Crippen LogP contribution >= 0.6 is 12.2 Å². The van der Waals surface area contributed by atoms with Crippen molar-refractivity contribution in [3.8, 4) is 0 Å². The number of para-hydroxylation sites is 1. The Hall–Kier alpha value is -3.87. The third-order valence-electron chi connectivity index (χ3n) is 3.90. The standard InChI is InChI=1S/C17H11F3N6O3S/c18-17(19,20)11-3-1-2-4-12(11)22-23-14-13(24-25(15(14)27)16(21)30)9-5-7-10(8-6-9)26(28)29/h1-8,22H,(H2,21,30)/b23-14+. The van der Waals surface area contributed by atoms with Crippen LogP contribution in [-0.2, 0) is 11.0 Å². The number of benzene rings is 2. The van der Waals surface area contributed by atoms with Crippen LogP contribution < -0.4 is 11.2 Å². The number of halogens is 3. The second-order valence-electron chi connectivity index (χ2n) is 5.82. The second-order valence-corrected chi connectivity index (χ2v) is 6.24. The predicted octanol–water partition coefficient (Wildman–Crippen LogP) is 2.87. The van der Waals surface area contributed by atoms with Crippen molar-refractivity contribution < 1.29 is 22.9 Å². The number of nitro benzene ring substituents is 1. The average molecular weight is 436 g/mol. The number of nitrogens with zero attached hydrogens (tertiary/aromatic N) is 4. The van der Waals surface area contributed by atoms with Gasteiger partial charge in [-0.05, 0) is 36.5 Å². The fourth-order valence-corrected chi connectivity index (χ4v) is 2.65. The van der Waals surface area contributed by atoms with E-state index >= 15 is 0 Å². The summed E-state index contributed by atoms with van der Waals surface area (Å²) in [5, 5.41) is 18.8. The van der Waals surface area contributed by atoms with E-state index in [0.29, 0.717) is 5.01 Å². The third kappa shape index (κ3) is 4.10. The molecule has 13 heteroatoms. The molecule has 1 heterocycles. The molecule has 1 aliphatic heterocycles. The van der Waals surface area contributed by atoms with E-state index in [0.717, 1.165) is 12.1 Å². The Morgan fingerprint density at radius 1 is 1.20 bits per heavy atom. The van der Waals surface area contributed by atoms with Gasteiger partial charge in [-0.15, -0.1) is 0 Å². The number of nitrogens with two attached hydrogens (primary N) is 1. The topological polar surface area (TPSA) is 126 Å². The van der Waals surface area contributed by atoms with E-state index in [9.17, 15) is 28.1 Å². The molecule has 0 atom stereocenters. The summed E-state index contributed by atoms with van der Waals surface area (Å²) in [6.07, 6.45) is -4.65. The van der Waals surface area contributed by atoms with Gasteiger partial charge in [-0.2, -0.15) is 28.4 Å². The molecule has 9 nitrogen and oxygen atoms in total. The van der Waals surface area contributed by atoms with Gasteiger partial charge in [0.1, 0.15) is 5.71 Å². The largest absolute Gasteiger partial charge is 0.418 e. The first-order valence-corrected chi connectivity index (χ1v) is 8.48. The smallest absolute Gasteiger partial charge is 0.374 e. The molecule has 2 aromatic rings. The van der Waals surface area contributed by atoms with Crippen molar-refractivity contribution in [3.63, 3.8) is 0 Å². The molecule has 2 aromatic carbocycles. The molecule has 0 spiro atoms. The lowest BCUT2D eigenvalue weighted by Gasteiger charge is -2.12. The van der Waals surface area contributed by atoms with Crippen LogP contribution in [0.3, 0.4) is 0 Å². The zero-order valence-electron chi connectivity index (χ0n) is 14.8. The van der Waals surface area contributed by atoms with Gasteiger partial charge in [0.2, 0.25) is 0 Å². The van der Waals surface area contributed by atoms with Crippen LogP contribution in [0.5, 0.6) is 0 Å². The Labute approximate surface area is 171 Å². The molecule has 0 aromatic heterocycles. The van der Waals surface area contributed by atoms with Crippen molar-refractivity contribution in [3.05, 3.63) is 69.8 Å². The Balaban J connectivity index is 2.01. The number of carbonyl (C=O) groups excluding carboxylic acids is 1. The number of hydrogen-bond donors (Lipinski definition) is 2. The van der Waals surface area contributed by atoms with Crippen LogP contribution in [0.1, 0.15) is 11.1 Å². The molecule has 154 valence electrons. The third-order valence-corrected chi connectivity index (χ3v) is 4.07. The van der Waals surface area contributed by atoms with Crippen LogP contribution in [-0.4, -0.2) is 32.4 Å². The molecule has 3 N–H and O–H groups in total. The monoisotopic (exact) mass is 436 g/mol. The van der Waals surface area contributed by atoms with Gasteiger partial charge in [0.15, 0.2) is 10.8 Å². The first kappa shape index (κ1) is 20.9. The molecule has 0 bridgehead atoms.